The highest BCUT2D eigenvalue weighted by atomic mass is 16.5. The highest BCUT2D eigenvalue weighted by Gasteiger charge is 2.20. The Balaban J connectivity index is 1.95. The number of hydrogen-bond donors (Lipinski definition) is 2. The second-order valence-electron chi connectivity index (χ2n) is 4.92. The first-order valence-corrected chi connectivity index (χ1v) is 6.66. The Labute approximate surface area is 108 Å². The van der Waals surface area contributed by atoms with Gasteiger partial charge in [-0.15, -0.1) is 0 Å². The first kappa shape index (κ1) is 12.9. The molecule has 1 aromatic rings. The third kappa shape index (κ3) is 3.24. The van der Waals surface area contributed by atoms with Gasteiger partial charge in [-0.3, -0.25) is 0 Å². The van der Waals surface area contributed by atoms with Crippen LogP contribution in [0.4, 0.5) is 11.8 Å². The maximum absolute atomic E-state index is 5.64. The predicted molar refractivity (Wildman–Crippen MR) is 72.7 cm³/mol. The van der Waals surface area contributed by atoms with Crippen LogP contribution in [0.3, 0.4) is 0 Å². The van der Waals surface area contributed by atoms with E-state index < -0.39 is 0 Å². The van der Waals surface area contributed by atoms with Crippen LogP contribution in [-0.4, -0.2) is 23.1 Å². The molecule has 100 valence electrons. The van der Waals surface area contributed by atoms with Crippen LogP contribution in [0.15, 0.2) is 6.07 Å². The van der Waals surface area contributed by atoms with Gasteiger partial charge in [-0.2, -0.15) is 9.97 Å². The molecule has 2 rings (SSSR count). The molecule has 1 aliphatic rings. The molecule has 3 N–H and O–H groups in total. The van der Waals surface area contributed by atoms with E-state index in [4.69, 9.17) is 10.5 Å². The van der Waals surface area contributed by atoms with Gasteiger partial charge in [0.1, 0.15) is 5.82 Å². The lowest BCUT2D eigenvalue weighted by Crippen LogP contribution is -2.26. The number of nitrogens with one attached hydrogen (secondary N) is 1. The fourth-order valence-electron chi connectivity index (χ4n) is 2.55. The third-order valence-corrected chi connectivity index (χ3v) is 3.71. The second-order valence-corrected chi connectivity index (χ2v) is 4.92. The number of hydrogen-bond acceptors (Lipinski definition) is 5. The molecule has 0 bridgehead atoms. The molecule has 1 aromatic heterocycles. The van der Waals surface area contributed by atoms with Crippen LogP contribution in [0.2, 0.25) is 0 Å². The fraction of sp³-hybridized carbons (Fsp3) is 0.692. The van der Waals surface area contributed by atoms with Crippen LogP contribution in [0.5, 0.6) is 5.88 Å². The third-order valence-electron chi connectivity index (χ3n) is 3.71. The Morgan fingerprint density at radius 3 is 2.67 bits per heavy atom. The van der Waals surface area contributed by atoms with Gasteiger partial charge < -0.3 is 15.8 Å². The van der Waals surface area contributed by atoms with E-state index in [9.17, 15) is 0 Å². The summed E-state index contributed by atoms with van der Waals surface area (Å²) >= 11 is 0. The summed E-state index contributed by atoms with van der Waals surface area (Å²) < 4.78 is 5.09. The number of nitrogens with two attached hydrogens (primary N) is 1. The van der Waals surface area contributed by atoms with Crippen molar-refractivity contribution in [2.24, 2.45) is 5.92 Å². The minimum atomic E-state index is 0.249. The largest absolute Gasteiger partial charge is 0.481 e. The Hall–Kier alpha value is -1.52. The van der Waals surface area contributed by atoms with Gasteiger partial charge >= 0.3 is 0 Å². The van der Waals surface area contributed by atoms with E-state index in [0.717, 1.165) is 11.7 Å². The number of ether oxygens (including phenoxy) is 1. The van der Waals surface area contributed by atoms with Crippen LogP contribution in [-0.2, 0) is 0 Å². The molecule has 1 heterocycles. The zero-order valence-electron chi connectivity index (χ0n) is 11.1. The van der Waals surface area contributed by atoms with Gasteiger partial charge in [-0.1, -0.05) is 13.3 Å². The van der Waals surface area contributed by atoms with Crippen molar-refractivity contribution in [3.63, 3.8) is 0 Å². The fourth-order valence-corrected chi connectivity index (χ4v) is 2.55. The van der Waals surface area contributed by atoms with Crippen LogP contribution in [0.25, 0.3) is 0 Å². The summed E-state index contributed by atoms with van der Waals surface area (Å²) in [6.45, 7) is 2.27. The summed E-state index contributed by atoms with van der Waals surface area (Å²) in [5, 5.41) is 3.43. The minimum absolute atomic E-state index is 0.249. The topological polar surface area (TPSA) is 73.1 Å². The Morgan fingerprint density at radius 2 is 2.06 bits per heavy atom. The highest BCUT2D eigenvalue weighted by Crippen LogP contribution is 2.28. The molecule has 0 saturated heterocycles. The lowest BCUT2D eigenvalue weighted by molar-refractivity contribution is 0.329. The van der Waals surface area contributed by atoms with Gasteiger partial charge in [0.2, 0.25) is 11.8 Å². The van der Waals surface area contributed by atoms with E-state index in [0.29, 0.717) is 11.9 Å². The summed E-state index contributed by atoms with van der Waals surface area (Å²) in [6.07, 6.45) is 6.29. The molecule has 5 nitrogen and oxygen atoms in total. The molecule has 0 atom stereocenters. The van der Waals surface area contributed by atoms with Gasteiger partial charge in [0.25, 0.3) is 0 Å². The number of anilines is 2. The zero-order valence-corrected chi connectivity index (χ0v) is 11.1. The highest BCUT2D eigenvalue weighted by molar-refractivity contribution is 5.43. The van der Waals surface area contributed by atoms with Crippen LogP contribution in [0.1, 0.15) is 39.0 Å². The molecule has 1 aliphatic carbocycles. The Morgan fingerprint density at radius 1 is 1.33 bits per heavy atom. The van der Waals surface area contributed by atoms with E-state index in [1.165, 1.54) is 32.1 Å². The summed E-state index contributed by atoms with van der Waals surface area (Å²) in [6, 6.07) is 2.29. The predicted octanol–water partition coefficient (Wildman–Crippen LogP) is 2.45. The van der Waals surface area contributed by atoms with Crippen molar-refractivity contribution in [1.82, 2.24) is 9.97 Å². The maximum atomic E-state index is 5.64. The van der Waals surface area contributed by atoms with E-state index in [1.807, 2.05) is 0 Å². The lowest BCUT2D eigenvalue weighted by Gasteiger charge is -2.28. The smallest absolute Gasteiger partial charge is 0.225 e. The van der Waals surface area contributed by atoms with E-state index >= 15 is 0 Å². The van der Waals surface area contributed by atoms with E-state index in [-0.39, 0.29) is 5.95 Å². The number of aromatic nitrogens is 2. The monoisotopic (exact) mass is 250 g/mol. The van der Waals surface area contributed by atoms with Gasteiger partial charge in [-0.05, 0) is 31.6 Å². The number of nitrogens with zero attached hydrogens (tertiary/aromatic N) is 2. The Bertz CT molecular complexity index is 389. The SMILES string of the molecule is CCC1CCC(Nc2cc(OC)nc(N)n2)CC1. The molecule has 1 fully saturated rings. The van der Waals surface area contributed by atoms with E-state index in [2.05, 4.69) is 22.2 Å². The van der Waals surface area contributed by atoms with Gasteiger partial charge in [-0.25, -0.2) is 0 Å². The quantitative estimate of drug-likeness (QED) is 0.858. The van der Waals surface area contributed by atoms with Crippen molar-refractivity contribution in [1.29, 1.82) is 0 Å². The summed E-state index contributed by atoms with van der Waals surface area (Å²) in [5.41, 5.74) is 5.64. The van der Waals surface area contributed by atoms with Crippen LogP contribution in [0, 0.1) is 5.92 Å². The number of rotatable bonds is 4. The standard InChI is InChI=1S/C13H22N4O/c1-3-9-4-6-10(7-5-9)15-11-8-12(18-2)17-13(14)16-11/h8-10H,3-7H2,1-2H3,(H3,14,15,16,17). The summed E-state index contributed by atoms with van der Waals surface area (Å²) in [4.78, 5) is 8.17. The minimum Gasteiger partial charge on any atom is -0.481 e. The summed E-state index contributed by atoms with van der Waals surface area (Å²) in [5.74, 6) is 2.42. The van der Waals surface area contributed by atoms with Gasteiger partial charge in [0, 0.05) is 12.1 Å². The molecule has 5 heteroatoms. The molecular weight excluding hydrogens is 228 g/mol. The molecular formula is C13H22N4O. The molecule has 1 saturated carbocycles. The van der Waals surface area contributed by atoms with Crippen LogP contribution < -0.4 is 15.8 Å². The van der Waals surface area contributed by atoms with Crippen molar-refractivity contribution in [3.8, 4) is 5.88 Å². The van der Waals surface area contributed by atoms with E-state index in [1.54, 1.807) is 13.2 Å². The first-order chi connectivity index (χ1) is 8.71. The average molecular weight is 250 g/mol. The molecule has 0 spiro atoms. The molecule has 18 heavy (non-hydrogen) atoms. The number of methoxy groups -OCH3 is 1. The van der Waals surface area contributed by atoms with Gasteiger partial charge in [0.05, 0.1) is 7.11 Å². The number of nitrogen functional groups attached to an aromatic ring is 1. The average Bonchev–Trinajstić information content (AvgIpc) is 2.39. The molecule has 0 aliphatic heterocycles. The van der Waals surface area contributed by atoms with Crippen molar-refractivity contribution in [3.05, 3.63) is 6.07 Å². The molecule has 0 radical (unpaired) electrons. The molecule has 0 amide bonds. The summed E-state index contributed by atoms with van der Waals surface area (Å²) in [7, 11) is 1.58. The Kier molecular flexibility index (Phi) is 4.23. The normalized spacial score (nSPS) is 23.7. The lowest BCUT2D eigenvalue weighted by atomic mass is 9.84. The second kappa shape index (κ2) is 5.89. The van der Waals surface area contributed by atoms with Crippen molar-refractivity contribution in [2.45, 2.75) is 45.1 Å². The maximum Gasteiger partial charge on any atom is 0.225 e. The molecule has 0 aromatic carbocycles. The molecule has 0 unspecified atom stereocenters. The first-order valence-electron chi connectivity index (χ1n) is 6.66. The van der Waals surface area contributed by atoms with Crippen LogP contribution >= 0.6 is 0 Å². The van der Waals surface area contributed by atoms with Crippen molar-refractivity contribution in [2.75, 3.05) is 18.2 Å². The zero-order chi connectivity index (χ0) is 13.0. The van der Waals surface area contributed by atoms with Crippen molar-refractivity contribution < 1.29 is 4.74 Å². The van der Waals surface area contributed by atoms with Crippen molar-refractivity contribution >= 4 is 11.8 Å². The van der Waals surface area contributed by atoms with Gasteiger partial charge in [0.15, 0.2) is 0 Å².